The molecule has 2 heterocycles. The van der Waals surface area contributed by atoms with E-state index in [1.165, 1.54) is 5.56 Å². The standard InChI is InChI=1S/C14H17BrN4O/c1-9-3-4-10(7-11(9)15)14-17-13(18-20-14)12-8-16-5-6-19(12)2/h3-4,7,12,16H,5-6,8H2,1-2H3. The second-order valence-electron chi connectivity index (χ2n) is 5.12. The second-order valence-corrected chi connectivity index (χ2v) is 5.98. The van der Waals surface area contributed by atoms with Gasteiger partial charge in [0.1, 0.15) is 0 Å². The highest BCUT2D eigenvalue weighted by Crippen LogP contribution is 2.26. The van der Waals surface area contributed by atoms with Gasteiger partial charge in [-0.05, 0) is 31.7 Å². The Hall–Kier alpha value is -1.24. The summed E-state index contributed by atoms with van der Waals surface area (Å²) in [5, 5.41) is 7.49. The number of hydrogen-bond acceptors (Lipinski definition) is 5. The van der Waals surface area contributed by atoms with Crippen LogP contribution in [0.25, 0.3) is 11.5 Å². The molecule has 20 heavy (non-hydrogen) atoms. The highest BCUT2D eigenvalue weighted by Gasteiger charge is 2.25. The maximum Gasteiger partial charge on any atom is 0.258 e. The molecule has 0 saturated carbocycles. The van der Waals surface area contributed by atoms with Gasteiger partial charge in [0.2, 0.25) is 0 Å². The first-order valence-corrected chi connectivity index (χ1v) is 7.45. The van der Waals surface area contributed by atoms with Crippen LogP contribution in [0.5, 0.6) is 0 Å². The Morgan fingerprint density at radius 2 is 2.30 bits per heavy atom. The highest BCUT2D eigenvalue weighted by atomic mass is 79.9. The fourth-order valence-electron chi connectivity index (χ4n) is 2.31. The van der Waals surface area contributed by atoms with Crippen molar-refractivity contribution in [3.05, 3.63) is 34.1 Å². The lowest BCUT2D eigenvalue weighted by Crippen LogP contribution is -2.44. The quantitative estimate of drug-likeness (QED) is 0.912. The third-order valence-electron chi connectivity index (χ3n) is 3.67. The third kappa shape index (κ3) is 2.63. The molecule has 2 aromatic rings. The number of rotatable bonds is 2. The van der Waals surface area contributed by atoms with Crippen LogP contribution in [-0.2, 0) is 0 Å². The third-order valence-corrected chi connectivity index (χ3v) is 4.52. The Morgan fingerprint density at radius 1 is 1.45 bits per heavy atom. The molecule has 1 atom stereocenters. The number of aromatic nitrogens is 2. The maximum atomic E-state index is 5.41. The van der Waals surface area contributed by atoms with Gasteiger partial charge in [-0.3, -0.25) is 4.90 Å². The van der Waals surface area contributed by atoms with Crippen molar-refractivity contribution in [1.29, 1.82) is 0 Å². The minimum absolute atomic E-state index is 0.176. The van der Waals surface area contributed by atoms with E-state index < -0.39 is 0 Å². The zero-order chi connectivity index (χ0) is 14.1. The molecule has 1 unspecified atom stereocenters. The first-order valence-electron chi connectivity index (χ1n) is 6.66. The van der Waals surface area contributed by atoms with Gasteiger partial charge in [-0.1, -0.05) is 27.2 Å². The molecule has 0 bridgehead atoms. The van der Waals surface area contributed by atoms with Crippen LogP contribution in [0, 0.1) is 6.92 Å². The summed E-state index contributed by atoms with van der Waals surface area (Å²) < 4.78 is 6.46. The molecular weight excluding hydrogens is 320 g/mol. The van der Waals surface area contributed by atoms with Gasteiger partial charge in [0, 0.05) is 29.7 Å². The summed E-state index contributed by atoms with van der Waals surface area (Å²) in [4.78, 5) is 6.79. The molecule has 106 valence electrons. The van der Waals surface area contributed by atoms with Gasteiger partial charge in [-0.2, -0.15) is 4.98 Å². The van der Waals surface area contributed by atoms with Gasteiger partial charge in [0.05, 0.1) is 6.04 Å². The van der Waals surface area contributed by atoms with Crippen LogP contribution in [0.1, 0.15) is 17.4 Å². The van der Waals surface area contributed by atoms with Crippen molar-refractivity contribution < 1.29 is 4.52 Å². The van der Waals surface area contributed by atoms with Crippen LogP contribution in [0.3, 0.4) is 0 Å². The molecule has 1 aromatic heterocycles. The first-order chi connectivity index (χ1) is 9.65. The van der Waals surface area contributed by atoms with Gasteiger partial charge in [-0.15, -0.1) is 0 Å². The van der Waals surface area contributed by atoms with E-state index in [0.717, 1.165) is 35.5 Å². The molecule has 1 saturated heterocycles. The van der Waals surface area contributed by atoms with E-state index in [4.69, 9.17) is 4.52 Å². The summed E-state index contributed by atoms with van der Waals surface area (Å²) in [6.45, 7) is 4.90. The Kier molecular flexibility index (Phi) is 3.87. The molecule has 1 aliphatic rings. The van der Waals surface area contributed by atoms with Crippen molar-refractivity contribution >= 4 is 15.9 Å². The number of hydrogen-bond donors (Lipinski definition) is 1. The average molecular weight is 337 g/mol. The van der Waals surface area contributed by atoms with Crippen molar-refractivity contribution in [3.63, 3.8) is 0 Å². The smallest absolute Gasteiger partial charge is 0.258 e. The fourth-order valence-corrected chi connectivity index (χ4v) is 2.69. The fraction of sp³-hybridized carbons (Fsp3) is 0.429. The lowest BCUT2D eigenvalue weighted by Gasteiger charge is -2.30. The van der Waals surface area contributed by atoms with E-state index in [1.807, 2.05) is 18.2 Å². The van der Waals surface area contributed by atoms with Gasteiger partial charge >= 0.3 is 0 Å². The molecule has 0 amide bonds. The van der Waals surface area contributed by atoms with Crippen LogP contribution in [0.15, 0.2) is 27.2 Å². The number of piperazine rings is 1. The van der Waals surface area contributed by atoms with E-state index in [-0.39, 0.29) is 6.04 Å². The van der Waals surface area contributed by atoms with Gasteiger partial charge in [0.25, 0.3) is 5.89 Å². The lowest BCUT2D eigenvalue weighted by molar-refractivity contribution is 0.190. The summed E-state index contributed by atoms with van der Waals surface area (Å²) in [6, 6.07) is 6.22. The predicted molar refractivity (Wildman–Crippen MR) is 80.4 cm³/mol. The summed E-state index contributed by atoms with van der Waals surface area (Å²) in [6.07, 6.45) is 0. The van der Waals surface area contributed by atoms with Crippen LogP contribution < -0.4 is 5.32 Å². The summed E-state index contributed by atoms with van der Waals surface area (Å²) in [5.41, 5.74) is 2.12. The Balaban J connectivity index is 1.87. The molecule has 0 radical (unpaired) electrons. The van der Waals surface area contributed by atoms with Gasteiger partial charge < -0.3 is 9.84 Å². The Morgan fingerprint density at radius 3 is 3.05 bits per heavy atom. The normalized spacial score (nSPS) is 20.2. The SMILES string of the molecule is Cc1ccc(-c2nc(C3CNCCN3C)no2)cc1Br. The number of nitrogens with one attached hydrogen (secondary N) is 1. The van der Waals surface area contributed by atoms with Crippen LogP contribution in [0.4, 0.5) is 0 Å². The molecule has 1 fully saturated rings. The topological polar surface area (TPSA) is 54.2 Å². The Bertz CT molecular complexity index is 613. The lowest BCUT2D eigenvalue weighted by atomic mass is 10.1. The molecule has 1 aliphatic heterocycles. The van der Waals surface area contributed by atoms with Crippen LogP contribution >= 0.6 is 15.9 Å². The molecule has 1 N–H and O–H groups in total. The molecule has 0 aliphatic carbocycles. The summed E-state index contributed by atoms with van der Waals surface area (Å²) >= 11 is 3.53. The second kappa shape index (κ2) is 5.63. The minimum Gasteiger partial charge on any atom is -0.334 e. The molecular formula is C14H17BrN4O. The number of halogens is 1. The first kappa shape index (κ1) is 13.7. The van der Waals surface area contributed by atoms with E-state index in [1.54, 1.807) is 0 Å². The van der Waals surface area contributed by atoms with Crippen molar-refractivity contribution in [2.75, 3.05) is 26.7 Å². The van der Waals surface area contributed by atoms with Crippen LogP contribution in [-0.4, -0.2) is 41.7 Å². The zero-order valence-corrected chi connectivity index (χ0v) is 13.1. The number of likely N-dealkylation sites (N-methyl/N-ethyl adjacent to an activating group) is 1. The molecule has 5 nitrogen and oxygen atoms in total. The van der Waals surface area contributed by atoms with E-state index in [2.05, 4.69) is 50.3 Å². The highest BCUT2D eigenvalue weighted by molar-refractivity contribution is 9.10. The number of benzene rings is 1. The van der Waals surface area contributed by atoms with E-state index in [0.29, 0.717) is 5.89 Å². The molecule has 3 rings (SSSR count). The summed E-state index contributed by atoms with van der Waals surface area (Å²) in [5.74, 6) is 1.31. The number of aryl methyl sites for hydroxylation is 1. The largest absolute Gasteiger partial charge is 0.334 e. The van der Waals surface area contributed by atoms with Gasteiger partial charge in [-0.25, -0.2) is 0 Å². The molecule has 0 spiro atoms. The zero-order valence-electron chi connectivity index (χ0n) is 11.6. The van der Waals surface area contributed by atoms with E-state index >= 15 is 0 Å². The van der Waals surface area contributed by atoms with E-state index in [9.17, 15) is 0 Å². The monoisotopic (exact) mass is 336 g/mol. The van der Waals surface area contributed by atoms with Crippen molar-refractivity contribution in [3.8, 4) is 11.5 Å². The Labute approximate surface area is 126 Å². The predicted octanol–water partition coefficient (Wildman–Crippen LogP) is 2.38. The average Bonchev–Trinajstić information content (AvgIpc) is 2.92. The number of nitrogens with zero attached hydrogens (tertiary/aromatic N) is 3. The molecule has 6 heteroatoms. The van der Waals surface area contributed by atoms with Gasteiger partial charge in [0.15, 0.2) is 5.82 Å². The summed E-state index contributed by atoms with van der Waals surface area (Å²) in [7, 11) is 2.09. The maximum absolute atomic E-state index is 5.41. The van der Waals surface area contributed by atoms with Crippen LogP contribution in [0.2, 0.25) is 0 Å². The molecule has 1 aromatic carbocycles. The van der Waals surface area contributed by atoms with Crippen molar-refractivity contribution in [2.24, 2.45) is 0 Å². The van der Waals surface area contributed by atoms with Crippen molar-refractivity contribution in [2.45, 2.75) is 13.0 Å². The minimum atomic E-state index is 0.176. The van der Waals surface area contributed by atoms with Crippen molar-refractivity contribution in [1.82, 2.24) is 20.4 Å².